The van der Waals surface area contributed by atoms with Crippen LogP contribution in [0.3, 0.4) is 0 Å². The SMILES string of the molecule is CCOC(=O)c1[nH]c(C)c(C(=O)O[C@H](C)C(=O)Nc2cc(C)ccc2OC)c1C. The maximum Gasteiger partial charge on any atom is 0.355 e. The van der Waals surface area contributed by atoms with E-state index in [2.05, 4.69) is 10.3 Å². The van der Waals surface area contributed by atoms with Crippen LogP contribution in [-0.2, 0) is 14.3 Å². The Morgan fingerprint density at radius 2 is 1.83 bits per heavy atom. The number of rotatable bonds is 7. The van der Waals surface area contributed by atoms with Crippen LogP contribution >= 0.6 is 0 Å². The molecule has 0 aliphatic rings. The third-order valence-corrected chi connectivity index (χ3v) is 4.39. The topological polar surface area (TPSA) is 107 Å². The number of esters is 2. The predicted molar refractivity (Wildman–Crippen MR) is 107 cm³/mol. The van der Waals surface area contributed by atoms with Gasteiger partial charge >= 0.3 is 11.9 Å². The molecule has 156 valence electrons. The number of nitrogens with one attached hydrogen (secondary N) is 2. The van der Waals surface area contributed by atoms with E-state index >= 15 is 0 Å². The van der Waals surface area contributed by atoms with Crippen molar-refractivity contribution in [2.75, 3.05) is 19.0 Å². The van der Waals surface area contributed by atoms with Gasteiger partial charge in [0, 0.05) is 5.69 Å². The largest absolute Gasteiger partial charge is 0.495 e. The zero-order valence-corrected chi connectivity index (χ0v) is 17.5. The molecule has 0 radical (unpaired) electrons. The molecule has 0 unspecified atom stereocenters. The summed E-state index contributed by atoms with van der Waals surface area (Å²) in [6.07, 6.45) is -1.06. The predicted octanol–water partition coefficient (Wildman–Crippen LogP) is 3.31. The number of ether oxygens (including phenoxy) is 3. The van der Waals surface area contributed by atoms with E-state index in [1.54, 1.807) is 32.9 Å². The number of hydrogen-bond acceptors (Lipinski definition) is 6. The number of aromatic nitrogens is 1. The summed E-state index contributed by atoms with van der Waals surface area (Å²) in [4.78, 5) is 40.0. The van der Waals surface area contributed by atoms with Gasteiger partial charge in [0.2, 0.25) is 0 Å². The summed E-state index contributed by atoms with van der Waals surface area (Å²) >= 11 is 0. The molecule has 0 spiro atoms. The molecule has 1 amide bonds. The van der Waals surface area contributed by atoms with E-state index in [0.717, 1.165) is 5.56 Å². The van der Waals surface area contributed by atoms with Gasteiger partial charge in [-0.05, 0) is 57.9 Å². The quantitative estimate of drug-likeness (QED) is 0.688. The fraction of sp³-hybridized carbons (Fsp3) is 0.381. The Morgan fingerprint density at radius 3 is 2.45 bits per heavy atom. The second kappa shape index (κ2) is 9.27. The number of anilines is 1. The standard InChI is InChI=1S/C21H26N2O6/c1-7-28-21(26)18-12(3)17(13(4)22-18)20(25)29-14(5)19(24)23-15-10-11(2)8-9-16(15)27-6/h8-10,14,22H,7H2,1-6H3,(H,23,24)/t14-/m1/s1. The van der Waals surface area contributed by atoms with Gasteiger partial charge in [0.15, 0.2) is 6.10 Å². The molecule has 1 aromatic heterocycles. The van der Waals surface area contributed by atoms with E-state index in [0.29, 0.717) is 22.7 Å². The Bertz CT molecular complexity index is 931. The zero-order valence-electron chi connectivity index (χ0n) is 17.5. The normalized spacial score (nSPS) is 11.5. The number of H-pyrrole nitrogens is 1. The molecular weight excluding hydrogens is 376 g/mol. The molecule has 1 heterocycles. The Kier molecular flexibility index (Phi) is 7.03. The summed E-state index contributed by atoms with van der Waals surface area (Å²) in [6, 6.07) is 5.36. The molecule has 0 bridgehead atoms. The van der Waals surface area contributed by atoms with Crippen molar-refractivity contribution in [2.45, 2.75) is 40.7 Å². The Labute approximate surface area is 169 Å². The van der Waals surface area contributed by atoms with Crippen LogP contribution in [0, 0.1) is 20.8 Å². The van der Waals surface area contributed by atoms with E-state index in [1.807, 2.05) is 13.0 Å². The number of methoxy groups -OCH3 is 1. The van der Waals surface area contributed by atoms with Gasteiger partial charge in [-0.2, -0.15) is 0 Å². The molecule has 2 rings (SSSR count). The first-order chi connectivity index (χ1) is 13.7. The highest BCUT2D eigenvalue weighted by Crippen LogP contribution is 2.26. The van der Waals surface area contributed by atoms with E-state index in [1.165, 1.54) is 14.0 Å². The molecule has 8 heteroatoms. The molecule has 0 aliphatic heterocycles. The number of carbonyl (C=O) groups is 3. The monoisotopic (exact) mass is 402 g/mol. The van der Waals surface area contributed by atoms with E-state index in [-0.39, 0.29) is 17.9 Å². The Balaban J connectivity index is 2.14. The maximum absolute atomic E-state index is 12.6. The van der Waals surface area contributed by atoms with Crippen LogP contribution in [0.2, 0.25) is 0 Å². The lowest BCUT2D eigenvalue weighted by Gasteiger charge is -2.16. The Hall–Kier alpha value is -3.29. The number of aromatic amines is 1. The summed E-state index contributed by atoms with van der Waals surface area (Å²) in [5, 5.41) is 2.71. The lowest BCUT2D eigenvalue weighted by Crippen LogP contribution is -2.30. The van der Waals surface area contributed by atoms with Crippen molar-refractivity contribution in [1.29, 1.82) is 0 Å². The van der Waals surface area contributed by atoms with Crippen LogP contribution in [0.4, 0.5) is 5.69 Å². The van der Waals surface area contributed by atoms with Crippen LogP contribution in [0.25, 0.3) is 0 Å². The minimum atomic E-state index is -1.06. The molecule has 1 atom stereocenters. The van der Waals surface area contributed by atoms with Crippen molar-refractivity contribution < 1.29 is 28.6 Å². The van der Waals surface area contributed by atoms with E-state index < -0.39 is 23.9 Å². The van der Waals surface area contributed by atoms with Crippen molar-refractivity contribution in [3.63, 3.8) is 0 Å². The summed E-state index contributed by atoms with van der Waals surface area (Å²) in [5.41, 5.74) is 2.70. The van der Waals surface area contributed by atoms with Gasteiger partial charge in [0.05, 0.1) is 25.0 Å². The summed E-state index contributed by atoms with van der Waals surface area (Å²) in [5.74, 6) is -1.26. The van der Waals surface area contributed by atoms with Gasteiger partial charge < -0.3 is 24.5 Å². The lowest BCUT2D eigenvalue weighted by molar-refractivity contribution is -0.123. The average Bonchev–Trinajstić information content (AvgIpc) is 2.96. The molecule has 0 saturated carbocycles. The number of benzene rings is 1. The highest BCUT2D eigenvalue weighted by molar-refractivity contribution is 6.01. The van der Waals surface area contributed by atoms with Crippen molar-refractivity contribution in [2.24, 2.45) is 0 Å². The van der Waals surface area contributed by atoms with Crippen molar-refractivity contribution in [3.8, 4) is 5.75 Å². The molecule has 0 fully saturated rings. The highest BCUT2D eigenvalue weighted by atomic mass is 16.5. The molecular formula is C21H26N2O6. The highest BCUT2D eigenvalue weighted by Gasteiger charge is 2.27. The minimum Gasteiger partial charge on any atom is -0.495 e. The molecule has 0 aliphatic carbocycles. The molecule has 8 nitrogen and oxygen atoms in total. The lowest BCUT2D eigenvalue weighted by atomic mass is 10.1. The molecule has 0 saturated heterocycles. The van der Waals surface area contributed by atoms with Gasteiger partial charge in [-0.3, -0.25) is 4.79 Å². The van der Waals surface area contributed by atoms with Crippen molar-refractivity contribution in [1.82, 2.24) is 4.98 Å². The summed E-state index contributed by atoms with van der Waals surface area (Å²) in [6.45, 7) is 8.54. The van der Waals surface area contributed by atoms with E-state index in [4.69, 9.17) is 14.2 Å². The van der Waals surface area contributed by atoms with Gasteiger partial charge in [0.25, 0.3) is 5.91 Å². The third-order valence-electron chi connectivity index (χ3n) is 4.39. The van der Waals surface area contributed by atoms with Crippen molar-refractivity contribution in [3.05, 3.63) is 46.3 Å². The first-order valence-corrected chi connectivity index (χ1v) is 9.22. The fourth-order valence-corrected chi connectivity index (χ4v) is 2.89. The Morgan fingerprint density at radius 1 is 1.14 bits per heavy atom. The van der Waals surface area contributed by atoms with Crippen molar-refractivity contribution >= 4 is 23.5 Å². The van der Waals surface area contributed by atoms with Gasteiger partial charge in [-0.1, -0.05) is 6.07 Å². The van der Waals surface area contributed by atoms with Crippen LogP contribution < -0.4 is 10.1 Å². The first-order valence-electron chi connectivity index (χ1n) is 9.22. The van der Waals surface area contributed by atoms with Gasteiger partial charge in [-0.25, -0.2) is 9.59 Å². The van der Waals surface area contributed by atoms with Crippen LogP contribution in [-0.4, -0.2) is 42.7 Å². The van der Waals surface area contributed by atoms with Crippen LogP contribution in [0.15, 0.2) is 18.2 Å². The molecule has 2 aromatic rings. The number of carbonyl (C=O) groups excluding carboxylic acids is 3. The zero-order chi connectivity index (χ0) is 21.7. The van der Waals surface area contributed by atoms with Gasteiger partial charge in [0.1, 0.15) is 11.4 Å². The molecule has 1 aromatic carbocycles. The second-order valence-corrected chi connectivity index (χ2v) is 6.59. The fourth-order valence-electron chi connectivity index (χ4n) is 2.89. The maximum atomic E-state index is 12.6. The summed E-state index contributed by atoms with van der Waals surface area (Å²) < 4.78 is 15.5. The third kappa shape index (κ3) is 4.96. The number of amides is 1. The molecule has 29 heavy (non-hydrogen) atoms. The van der Waals surface area contributed by atoms with Crippen LogP contribution in [0.5, 0.6) is 5.75 Å². The van der Waals surface area contributed by atoms with E-state index in [9.17, 15) is 14.4 Å². The van der Waals surface area contributed by atoms with Crippen LogP contribution in [0.1, 0.15) is 51.5 Å². The average molecular weight is 402 g/mol. The number of aryl methyl sites for hydroxylation is 2. The minimum absolute atomic E-state index is 0.193. The molecule has 2 N–H and O–H groups in total. The summed E-state index contributed by atoms with van der Waals surface area (Å²) in [7, 11) is 1.50. The second-order valence-electron chi connectivity index (χ2n) is 6.59. The first kappa shape index (κ1) is 22.0. The van der Waals surface area contributed by atoms with Gasteiger partial charge in [-0.15, -0.1) is 0 Å². The smallest absolute Gasteiger partial charge is 0.355 e. The number of hydrogen-bond donors (Lipinski definition) is 2.